The number of benzene rings is 1. The van der Waals surface area contributed by atoms with Crippen LogP contribution in [0.5, 0.6) is 0 Å². The molecule has 1 spiro atoms. The van der Waals surface area contributed by atoms with Crippen molar-refractivity contribution < 1.29 is 8.42 Å². The first-order valence-corrected chi connectivity index (χ1v) is 8.57. The first-order chi connectivity index (χ1) is 9.35. The Hall–Kier alpha value is -1.56. The van der Waals surface area contributed by atoms with Crippen molar-refractivity contribution in [2.75, 3.05) is 30.2 Å². The third-order valence-electron chi connectivity index (χ3n) is 4.41. The van der Waals surface area contributed by atoms with Gasteiger partial charge in [0.25, 0.3) is 10.0 Å². The predicted molar refractivity (Wildman–Crippen MR) is 82.1 cm³/mol. The Kier molecular flexibility index (Phi) is 2.83. The van der Waals surface area contributed by atoms with Crippen LogP contribution in [0.4, 0.5) is 11.4 Å². The molecule has 1 aromatic carbocycles. The number of sulfonamides is 1. The highest BCUT2D eigenvalue weighted by atomic mass is 32.2. The molecule has 108 valence electrons. The van der Waals surface area contributed by atoms with Crippen molar-refractivity contribution in [1.29, 1.82) is 0 Å². The number of anilines is 2. The Morgan fingerprint density at radius 2 is 1.75 bits per heavy atom. The number of amidine groups is 1. The average Bonchev–Trinajstić information content (AvgIpc) is 2.32. The van der Waals surface area contributed by atoms with Crippen molar-refractivity contribution in [2.45, 2.75) is 24.8 Å². The van der Waals surface area contributed by atoms with Crippen LogP contribution >= 0.6 is 0 Å². The van der Waals surface area contributed by atoms with Crippen molar-refractivity contribution in [3.05, 3.63) is 24.3 Å². The van der Waals surface area contributed by atoms with E-state index in [-0.39, 0.29) is 5.54 Å². The highest BCUT2D eigenvalue weighted by Gasteiger charge is 2.51. The minimum atomic E-state index is -3.41. The van der Waals surface area contributed by atoms with E-state index in [0.717, 1.165) is 36.9 Å². The second kappa shape index (κ2) is 4.22. The lowest BCUT2D eigenvalue weighted by Crippen LogP contribution is -2.65. The maximum atomic E-state index is 11.7. The van der Waals surface area contributed by atoms with E-state index in [9.17, 15) is 8.42 Å². The van der Waals surface area contributed by atoms with Gasteiger partial charge in [0.05, 0.1) is 23.2 Å². The van der Waals surface area contributed by atoms with Gasteiger partial charge in [-0.1, -0.05) is 12.1 Å². The van der Waals surface area contributed by atoms with Gasteiger partial charge in [0.1, 0.15) is 5.84 Å². The van der Waals surface area contributed by atoms with Crippen LogP contribution in [0, 0.1) is 0 Å². The van der Waals surface area contributed by atoms with Gasteiger partial charge in [-0.25, -0.2) is 8.42 Å². The van der Waals surface area contributed by atoms with Gasteiger partial charge in [0.15, 0.2) is 0 Å². The van der Waals surface area contributed by atoms with Crippen molar-refractivity contribution in [3.8, 4) is 0 Å². The molecule has 0 saturated heterocycles. The molecular formula is C14H19N3O2S. The Bertz CT molecular complexity index is 677. The summed E-state index contributed by atoms with van der Waals surface area (Å²) in [6, 6.07) is 8.03. The minimum Gasteiger partial charge on any atom is -0.360 e. The lowest BCUT2D eigenvalue weighted by molar-refractivity contribution is 0.322. The largest absolute Gasteiger partial charge is 0.360 e. The molecule has 0 bridgehead atoms. The van der Waals surface area contributed by atoms with Crippen LogP contribution in [-0.4, -0.2) is 40.1 Å². The Balaban J connectivity index is 2.22. The standard InChI is InChI=1S/C14H19N3O2S/c1-16-11-7-4-5-8-12(11)17(2)14(9-6-10-14)13(16)15-20(3,18)19/h4-5,7-8H,6,9-10H2,1-3H3. The van der Waals surface area contributed by atoms with E-state index in [0.29, 0.717) is 5.84 Å². The molecular weight excluding hydrogens is 274 g/mol. The lowest BCUT2D eigenvalue weighted by atomic mass is 9.72. The fourth-order valence-electron chi connectivity index (χ4n) is 3.21. The fourth-order valence-corrected chi connectivity index (χ4v) is 3.82. The first-order valence-electron chi connectivity index (χ1n) is 6.72. The molecule has 1 heterocycles. The van der Waals surface area contributed by atoms with Gasteiger partial charge in [0, 0.05) is 14.1 Å². The van der Waals surface area contributed by atoms with Gasteiger partial charge >= 0.3 is 0 Å². The summed E-state index contributed by atoms with van der Waals surface area (Å²) < 4.78 is 27.4. The van der Waals surface area contributed by atoms with E-state index in [1.165, 1.54) is 0 Å². The number of likely N-dealkylation sites (N-methyl/N-ethyl adjacent to an activating group) is 2. The number of fused-ring (bicyclic) bond motifs is 1. The molecule has 0 radical (unpaired) electrons. The van der Waals surface area contributed by atoms with Crippen LogP contribution in [0.15, 0.2) is 28.7 Å². The van der Waals surface area contributed by atoms with Crippen LogP contribution in [0.1, 0.15) is 19.3 Å². The molecule has 0 aromatic heterocycles. The topological polar surface area (TPSA) is 53.0 Å². The van der Waals surface area contributed by atoms with E-state index in [2.05, 4.69) is 15.4 Å². The zero-order valence-corrected chi connectivity index (χ0v) is 12.8. The normalized spacial score (nSPS) is 22.9. The number of hydrogen-bond acceptors (Lipinski definition) is 3. The summed E-state index contributed by atoms with van der Waals surface area (Å²) in [6.45, 7) is 0. The molecule has 1 fully saturated rings. The van der Waals surface area contributed by atoms with Gasteiger partial charge in [-0.3, -0.25) is 0 Å². The highest BCUT2D eigenvalue weighted by molar-refractivity contribution is 7.89. The van der Waals surface area contributed by atoms with Crippen LogP contribution in [0.2, 0.25) is 0 Å². The van der Waals surface area contributed by atoms with E-state index in [1.54, 1.807) is 0 Å². The zero-order chi connectivity index (χ0) is 14.5. The third-order valence-corrected chi connectivity index (χ3v) is 4.92. The fraction of sp³-hybridized carbons (Fsp3) is 0.500. The van der Waals surface area contributed by atoms with Crippen LogP contribution in [-0.2, 0) is 10.0 Å². The number of para-hydroxylation sites is 2. The summed E-state index contributed by atoms with van der Waals surface area (Å²) >= 11 is 0. The SMILES string of the molecule is CN1C(=NS(C)(=O)=O)C2(CCC2)N(C)c2ccccc21. The minimum absolute atomic E-state index is 0.272. The molecule has 0 amide bonds. The van der Waals surface area contributed by atoms with Crippen molar-refractivity contribution in [2.24, 2.45) is 4.40 Å². The molecule has 0 N–H and O–H groups in total. The van der Waals surface area contributed by atoms with Gasteiger partial charge in [-0.05, 0) is 31.4 Å². The molecule has 3 rings (SSSR count). The molecule has 1 aliphatic carbocycles. The summed E-state index contributed by atoms with van der Waals surface area (Å²) in [5, 5.41) is 0. The van der Waals surface area contributed by atoms with Crippen molar-refractivity contribution in [3.63, 3.8) is 0 Å². The number of hydrogen-bond donors (Lipinski definition) is 0. The maximum absolute atomic E-state index is 11.7. The van der Waals surface area contributed by atoms with E-state index in [1.807, 2.05) is 37.2 Å². The quantitative estimate of drug-likeness (QED) is 0.793. The van der Waals surface area contributed by atoms with Gasteiger partial charge in [0.2, 0.25) is 0 Å². The smallest absolute Gasteiger partial charge is 0.251 e. The number of rotatable bonds is 1. The van der Waals surface area contributed by atoms with Crippen LogP contribution < -0.4 is 9.80 Å². The Morgan fingerprint density at radius 1 is 1.15 bits per heavy atom. The van der Waals surface area contributed by atoms with Crippen molar-refractivity contribution in [1.82, 2.24) is 0 Å². The third kappa shape index (κ3) is 1.82. The second-order valence-electron chi connectivity index (χ2n) is 5.64. The number of nitrogens with zero attached hydrogens (tertiary/aromatic N) is 3. The molecule has 20 heavy (non-hydrogen) atoms. The Morgan fingerprint density at radius 3 is 2.25 bits per heavy atom. The molecule has 0 unspecified atom stereocenters. The molecule has 1 saturated carbocycles. The predicted octanol–water partition coefficient (Wildman–Crippen LogP) is 1.85. The van der Waals surface area contributed by atoms with Crippen molar-refractivity contribution >= 4 is 27.2 Å². The van der Waals surface area contributed by atoms with E-state index >= 15 is 0 Å². The summed E-state index contributed by atoms with van der Waals surface area (Å²) in [4.78, 5) is 4.12. The lowest BCUT2D eigenvalue weighted by Gasteiger charge is -2.55. The molecule has 1 aliphatic heterocycles. The van der Waals surface area contributed by atoms with E-state index in [4.69, 9.17) is 0 Å². The van der Waals surface area contributed by atoms with Gasteiger partial charge in [-0.15, -0.1) is 4.40 Å². The maximum Gasteiger partial charge on any atom is 0.251 e. The second-order valence-corrected chi connectivity index (χ2v) is 7.29. The monoisotopic (exact) mass is 293 g/mol. The molecule has 5 nitrogen and oxygen atoms in total. The summed E-state index contributed by atoms with van der Waals surface area (Å²) in [6.07, 6.45) is 4.14. The van der Waals surface area contributed by atoms with E-state index < -0.39 is 10.0 Å². The summed E-state index contributed by atoms with van der Waals surface area (Å²) in [5.74, 6) is 0.646. The van der Waals surface area contributed by atoms with Crippen LogP contribution in [0.25, 0.3) is 0 Å². The molecule has 1 aromatic rings. The highest BCUT2D eigenvalue weighted by Crippen LogP contribution is 2.48. The zero-order valence-electron chi connectivity index (χ0n) is 12.0. The molecule has 0 atom stereocenters. The summed E-state index contributed by atoms with van der Waals surface area (Å²) in [5.41, 5.74) is 1.85. The summed E-state index contributed by atoms with van der Waals surface area (Å²) in [7, 11) is 0.519. The molecule has 6 heteroatoms. The van der Waals surface area contributed by atoms with Gasteiger partial charge < -0.3 is 9.80 Å². The van der Waals surface area contributed by atoms with Crippen LogP contribution in [0.3, 0.4) is 0 Å². The van der Waals surface area contributed by atoms with Gasteiger partial charge in [-0.2, -0.15) is 0 Å². The Labute approximate surface area is 120 Å². The molecule has 2 aliphatic rings. The first kappa shape index (κ1) is 13.4. The average molecular weight is 293 g/mol.